The summed E-state index contributed by atoms with van der Waals surface area (Å²) in [6, 6.07) is 5.23. The van der Waals surface area contributed by atoms with Crippen LogP contribution in [0.4, 0.5) is 0 Å². The second-order valence-electron chi connectivity index (χ2n) is 5.58. The number of nitrogens with one attached hydrogen (secondary N) is 1. The third-order valence-electron chi connectivity index (χ3n) is 4.12. The molecule has 2 heterocycles. The minimum atomic E-state index is 0.434. The maximum Gasteiger partial charge on any atom is 0.120 e. The molecule has 1 aromatic heterocycles. The topological polar surface area (TPSA) is 28.4 Å². The average Bonchev–Trinajstić information content (AvgIpc) is 3.09. The van der Waals surface area contributed by atoms with E-state index in [1.807, 2.05) is 6.07 Å². The summed E-state index contributed by atoms with van der Waals surface area (Å²) in [5, 5.41) is 3.62. The highest BCUT2D eigenvalue weighted by Crippen LogP contribution is 2.26. The van der Waals surface area contributed by atoms with Gasteiger partial charge in [-0.2, -0.15) is 0 Å². The molecule has 1 aromatic rings. The fourth-order valence-corrected chi connectivity index (χ4v) is 3.05. The summed E-state index contributed by atoms with van der Waals surface area (Å²) in [4.78, 5) is 2.62. The van der Waals surface area contributed by atoms with Crippen LogP contribution in [0.25, 0.3) is 0 Å². The first-order valence-corrected chi connectivity index (χ1v) is 7.86. The maximum absolute atomic E-state index is 5.65. The van der Waals surface area contributed by atoms with Crippen LogP contribution in [0, 0.1) is 0 Å². The first-order valence-electron chi connectivity index (χ1n) is 7.86. The molecular formula is C16H28N2O. The second-order valence-corrected chi connectivity index (χ2v) is 5.58. The zero-order valence-corrected chi connectivity index (χ0v) is 12.4. The zero-order valence-electron chi connectivity index (χ0n) is 12.4. The first-order chi connectivity index (χ1) is 9.35. The Balaban J connectivity index is 2.01. The van der Waals surface area contributed by atoms with Crippen molar-refractivity contribution in [3.05, 3.63) is 24.2 Å². The first kappa shape index (κ1) is 14.6. The Morgan fingerprint density at radius 3 is 2.95 bits per heavy atom. The smallest absolute Gasteiger partial charge is 0.120 e. The summed E-state index contributed by atoms with van der Waals surface area (Å²) in [5.74, 6) is 1.12. The van der Waals surface area contributed by atoms with Gasteiger partial charge in [-0.25, -0.2) is 0 Å². The number of unbranched alkanes of at least 4 members (excludes halogenated alkanes) is 1. The molecule has 19 heavy (non-hydrogen) atoms. The van der Waals surface area contributed by atoms with Gasteiger partial charge >= 0.3 is 0 Å². The molecule has 1 N–H and O–H groups in total. The van der Waals surface area contributed by atoms with Crippen molar-refractivity contribution in [1.82, 2.24) is 10.2 Å². The second kappa shape index (κ2) is 7.71. The predicted molar refractivity (Wildman–Crippen MR) is 79.2 cm³/mol. The highest BCUT2D eigenvalue weighted by Gasteiger charge is 2.25. The third-order valence-corrected chi connectivity index (χ3v) is 4.12. The molecule has 0 saturated carbocycles. The molecule has 0 aliphatic carbocycles. The third kappa shape index (κ3) is 4.08. The molecule has 0 aromatic carbocycles. The Morgan fingerprint density at radius 2 is 2.37 bits per heavy atom. The van der Waals surface area contributed by atoms with Crippen LogP contribution in [0.2, 0.25) is 0 Å². The van der Waals surface area contributed by atoms with Crippen molar-refractivity contribution >= 4 is 0 Å². The molecule has 0 radical (unpaired) electrons. The van der Waals surface area contributed by atoms with Crippen molar-refractivity contribution in [2.45, 2.75) is 58.0 Å². The quantitative estimate of drug-likeness (QED) is 0.778. The number of nitrogens with zero attached hydrogens (tertiary/aromatic N) is 1. The van der Waals surface area contributed by atoms with Crippen LogP contribution in [0.15, 0.2) is 22.8 Å². The van der Waals surface area contributed by atoms with Gasteiger partial charge in [-0.3, -0.25) is 4.90 Å². The number of hydrogen-bond acceptors (Lipinski definition) is 3. The van der Waals surface area contributed by atoms with Crippen molar-refractivity contribution in [2.75, 3.05) is 19.6 Å². The Labute approximate surface area is 117 Å². The molecule has 2 rings (SSSR count). The van der Waals surface area contributed by atoms with E-state index in [9.17, 15) is 0 Å². The van der Waals surface area contributed by atoms with Gasteiger partial charge in [0.1, 0.15) is 5.76 Å². The lowest BCUT2D eigenvalue weighted by atomic mass is 10.1. The molecule has 0 amide bonds. The Kier molecular flexibility index (Phi) is 5.93. The Bertz CT molecular complexity index is 331. The lowest BCUT2D eigenvalue weighted by Gasteiger charge is -2.32. The molecule has 3 nitrogen and oxygen atoms in total. The van der Waals surface area contributed by atoms with E-state index in [1.54, 1.807) is 6.26 Å². The van der Waals surface area contributed by atoms with Crippen LogP contribution in [0.1, 0.15) is 57.8 Å². The van der Waals surface area contributed by atoms with Crippen molar-refractivity contribution in [2.24, 2.45) is 0 Å². The molecule has 0 spiro atoms. The van der Waals surface area contributed by atoms with Crippen LogP contribution < -0.4 is 5.32 Å². The van der Waals surface area contributed by atoms with E-state index < -0.39 is 0 Å². The van der Waals surface area contributed by atoms with Crippen molar-refractivity contribution < 1.29 is 4.42 Å². The van der Waals surface area contributed by atoms with Crippen LogP contribution in [0.3, 0.4) is 0 Å². The molecule has 108 valence electrons. The van der Waals surface area contributed by atoms with Crippen LogP contribution in [0.5, 0.6) is 0 Å². The van der Waals surface area contributed by atoms with E-state index in [0.717, 1.165) is 18.7 Å². The molecule has 0 bridgehead atoms. The largest absolute Gasteiger partial charge is 0.468 e. The number of rotatable bonds is 8. The van der Waals surface area contributed by atoms with E-state index in [0.29, 0.717) is 12.1 Å². The van der Waals surface area contributed by atoms with Gasteiger partial charge in [-0.05, 0) is 50.9 Å². The van der Waals surface area contributed by atoms with E-state index in [4.69, 9.17) is 4.42 Å². The van der Waals surface area contributed by atoms with E-state index in [2.05, 4.69) is 30.1 Å². The molecule has 1 aliphatic rings. The molecule has 1 aliphatic heterocycles. The van der Waals surface area contributed by atoms with Crippen LogP contribution in [-0.4, -0.2) is 30.6 Å². The van der Waals surface area contributed by atoms with Gasteiger partial charge in [0.2, 0.25) is 0 Å². The average molecular weight is 264 g/mol. The van der Waals surface area contributed by atoms with Gasteiger partial charge in [0, 0.05) is 12.6 Å². The predicted octanol–water partition coefficient (Wildman–Crippen LogP) is 3.58. The summed E-state index contributed by atoms with van der Waals surface area (Å²) in [6.45, 7) is 8.03. The SMILES string of the molecule is CCCCN(CC1CCCN1)C(CC)c1ccco1. The summed E-state index contributed by atoms with van der Waals surface area (Å²) in [5.41, 5.74) is 0. The fourth-order valence-electron chi connectivity index (χ4n) is 3.05. The molecule has 3 heteroatoms. The highest BCUT2D eigenvalue weighted by molar-refractivity contribution is 5.05. The van der Waals surface area contributed by atoms with Gasteiger partial charge in [0.15, 0.2) is 0 Å². The lowest BCUT2D eigenvalue weighted by Crippen LogP contribution is -2.40. The molecule has 2 unspecified atom stereocenters. The van der Waals surface area contributed by atoms with Crippen molar-refractivity contribution in [3.63, 3.8) is 0 Å². The minimum Gasteiger partial charge on any atom is -0.468 e. The van der Waals surface area contributed by atoms with Crippen molar-refractivity contribution in [1.29, 1.82) is 0 Å². The minimum absolute atomic E-state index is 0.434. The summed E-state index contributed by atoms with van der Waals surface area (Å²) in [7, 11) is 0. The van der Waals surface area contributed by atoms with Gasteiger partial charge in [-0.1, -0.05) is 20.3 Å². The van der Waals surface area contributed by atoms with E-state index >= 15 is 0 Å². The van der Waals surface area contributed by atoms with Gasteiger partial charge in [0.05, 0.1) is 12.3 Å². The van der Waals surface area contributed by atoms with E-state index in [-0.39, 0.29) is 0 Å². The summed E-state index contributed by atoms with van der Waals surface area (Å²) >= 11 is 0. The molecule has 1 fully saturated rings. The Hall–Kier alpha value is -0.800. The molecule has 2 atom stereocenters. The summed E-state index contributed by atoms with van der Waals surface area (Å²) < 4.78 is 5.65. The molecule has 1 saturated heterocycles. The standard InChI is InChI=1S/C16H28N2O/c1-3-5-11-18(13-14-8-6-10-17-14)15(4-2)16-9-7-12-19-16/h7,9,12,14-15,17H,3-6,8,10-11,13H2,1-2H3. The Morgan fingerprint density at radius 1 is 1.47 bits per heavy atom. The highest BCUT2D eigenvalue weighted by atomic mass is 16.3. The normalized spacial score (nSPS) is 21.1. The van der Waals surface area contributed by atoms with Gasteiger partial charge < -0.3 is 9.73 Å². The summed E-state index contributed by atoms with van der Waals surface area (Å²) in [6.07, 6.45) is 8.07. The molecular weight excluding hydrogens is 236 g/mol. The fraction of sp³-hybridized carbons (Fsp3) is 0.750. The van der Waals surface area contributed by atoms with Crippen LogP contribution in [-0.2, 0) is 0 Å². The zero-order chi connectivity index (χ0) is 13.5. The lowest BCUT2D eigenvalue weighted by molar-refractivity contribution is 0.154. The maximum atomic E-state index is 5.65. The number of furan rings is 1. The van der Waals surface area contributed by atoms with E-state index in [1.165, 1.54) is 38.8 Å². The number of hydrogen-bond donors (Lipinski definition) is 1. The monoisotopic (exact) mass is 264 g/mol. The van der Waals surface area contributed by atoms with Crippen LogP contribution >= 0.6 is 0 Å². The van der Waals surface area contributed by atoms with Crippen molar-refractivity contribution in [3.8, 4) is 0 Å². The van der Waals surface area contributed by atoms with Gasteiger partial charge in [-0.15, -0.1) is 0 Å². The van der Waals surface area contributed by atoms with Gasteiger partial charge in [0.25, 0.3) is 0 Å².